The summed E-state index contributed by atoms with van der Waals surface area (Å²) >= 11 is 1.38. The van der Waals surface area contributed by atoms with Crippen molar-refractivity contribution >= 4 is 44.4 Å². The predicted molar refractivity (Wildman–Crippen MR) is 159 cm³/mol. The molecule has 0 aliphatic carbocycles. The average molecular weight is 592 g/mol. The van der Waals surface area contributed by atoms with E-state index in [1.807, 2.05) is 19.1 Å². The normalized spacial score (nSPS) is 12.4. The van der Waals surface area contributed by atoms with Crippen molar-refractivity contribution in [2.75, 3.05) is 19.0 Å². The Morgan fingerprint density at radius 3 is 2.71 bits per heavy atom. The Balaban J connectivity index is 1.26. The molecule has 0 fully saturated rings. The summed E-state index contributed by atoms with van der Waals surface area (Å²) in [5, 5.41) is 13.3. The van der Waals surface area contributed by atoms with Crippen LogP contribution in [-0.2, 0) is 11.2 Å². The highest BCUT2D eigenvalue weighted by atomic mass is 32.1. The van der Waals surface area contributed by atoms with Gasteiger partial charge in [0.15, 0.2) is 11.6 Å². The van der Waals surface area contributed by atoms with Gasteiger partial charge in [0.1, 0.15) is 17.7 Å². The number of hydrogen-bond acceptors (Lipinski definition) is 10. The molecule has 1 atom stereocenters. The second-order valence-corrected chi connectivity index (χ2v) is 11.6. The molecule has 1 amide bonds. The molecule has 2 aromatic carbocycles. The second-order valence-electron chi connectivity index (χ2n) is 10.5. The van der Waals surface area contributed by atoms with Gasteiger partial charge in [-0.3, -0.25) is 10.3 Å². The summed E-state index contributed by atoms with van der Waals surface area (Å²) in [5.74, 6) is -0.139. The van der Waals surface area contributed by atoms with E-state index in [4.69, 9.17) is 14.2 Å². The zero-order valence-corrected chi connectivity index (χ0v) is 24.6. The Hall–Kier alpha value is -4.42. The van der Waals surface area contributed by atoms with Crippen molar-refractivity contribution in [3.05, 3.63) is 65.9 Å². The van der Waals surface area contributed by atoms with Crippen molar-refractivity contribution in [3.8, 4) is 22.2 Å². The van der Waals surface area contributed by atoms with Crippen molar-refractivity contribution in [3.63, 3.8) is 0 Å². The summed E-state index contributed by atoms with van der Waals surface area (Å²) in [4.78, 5) is 30.2. The van der Waals surface area contributed by atoms with Gasteiger partial charge in [0.2, 0.25) is 5.88 Å². The van der Waals surface area contributed by atoms with E-state index in [1.165, 1.54) is 30.7 Å². The maximum atomic E-state index is 15.0. The molecule has 42 heavy (non-hydrogen) atoms. The summed E-state index contributed by atoms with van der Waals surface area (Å²) in [6.45, 7) is 6.87. The fraction of sp³-hybridized carbons (Fsp3) is 0.300. The molecule has 3 heterocycles. The lowest BCUT2D eigenvalue weighted by atomic mass is 10.0. The fourth-order valence-electron chi connectivity index (χ4n) is 4.34. The maximum Gasteiger partial charge on any atom is 0.411 e. The van der Waals surface area contributed by atoms with Gasteiger partial charge in [0.05, 0.1) is 40.2 Å². The quantitative estimate of drug-likeness (QED) is 0.209. The van der Waals surface area contributed by atoms with Crippen LogP contribution >= 0.6 is 11.3 Å². The van der Waals surface area contributed by atoms with Gasteiger partial charge in [0, 0.05) is 41.7 Å². The van der Waals surface area contributed by atoms with Gasteiger partial charge in [-0.25, -0.2) is 24.1 Å². The van der Waals surface area contributed by atoms with Crippen LogP contribution in [0.15, 0.2) is 48.8 Å². The number of methoxy groups -OCH3 is 1. The monoisotopic (exact) mass is 591 g/mol. The molecular formula is C30H30FN5O5S. The van der Waals surface area contributed by atoms with Gasteiger partial charge in [-0.05, 0) is 57.5 Å². The zero-order chi connectivity index (χ0) is 30.0. The number of thiazole rings is 1. The van der Waals surface area contributed by atoms with Gasteiger partial charge >= 0.3 is 6.09 Å². The number of aromatic nitrogens is 4. The molecule has 3 aromatic heterocycles. The molecule has 2 N–H and O–H groups in total. The molecule has 0 bridgehead atoms. The lowest BCUT2D eigenvalue weighted by Gasteiger charge is -2.17. The standard InChI is InChI=1S/C30H30FN5O5S/c1-16-8-20(27-23(9-16)35-26(39-5)14-33-27)28-36-22-11-21(31)24(12-25(22)42-28)41-17(2)15-40-29(37)34-18-6-7-32-19(10-18)13-30(3,4)38/h6-12,14,17,38H,13,15H2,1-5H3,(H,32,34,37)/t17-/m0/s1. The molecule has 5 rings (SSSR count). The van der Waals surface area contributed by atoms with Crippen molar-refractivity contribution in [2.24, 2.45) is 0 Å². The molecule has 10 nitrogen and oxygen atoms in total. The van der Waals surface area contributed by atoms with Crippen molar-refractivity contribution in [1.29, 1.82) is 0 Å². The summed E-state index contributed by atoms with van der Waals surface area (Å²) in [6, 6.07) is 10.1. The summed E-state index contributed by atoms with van der Waals surface area (Å²) < 4.78 is 32.0. The van der Waals surface area contributed by atoms with Crippen molar-refractivity contribution in [1.82, 2.24) is 19.9 Å². The minimum Gasteiger partial charge on any atom is -0.484 e. The molecule has 5 aromatic rings. The highest BCUT2D eigenvalue weighted by Gasteiger charge is 2.18. The van der Waals surface area contributed by atoms with Gasteiger partial charge in [-0.2, -0.15) is 0 Å². The highest BCUT2D eigenvalue weighted by Crippen LogP contribution is 2.37. The summed E-state index contributed by atoms with van der Waals surface area (Å²) in [6.07, 6.45) is 2.09. The van der Waals surface area contributed by atoms with Crippen LogP contribution in [0.4, 0.5) is 14.9 Å². The SMILES string of the molecule is COc1cnc2c(-c3nc4cc(F)c(O[C@@H](C)COC(=O)Nc5ccnc(CC(C)(C)O)c5)cc4s3)cc(C)cc2n1. The molecule has 0 saturated carbocycles. The van der Waals surface area contributed by atoms with E-state index in [0.29, 0.717) is 45.2 Å². The van der Waals surface area contributed by atoms with Crippen LogP contribution in [0, 0.1) is 12.7 Å². The number of ether oxygens (including phenoxy) is 3. The van der Waals surface area contributed by atoms with E-state index in [2.05, 4.69) is 25.3 Å². The number of aryl methyl sites for hydroxylation is 1. The first kappa shape index (κ1) is 29.1. The second kappa shape index (κ2) is 11.8. The molecule has 0 spiro atoms. The van der Waals surface area contributed by atoms with Gasteiger partial charge in [-0.15, -0.1) is 11.3 Å². The van der Waals surface area contributed by atoms with Crippen LogP contribution in [0.1, 0.15) is 32.0 Å². The number of aliphatic hydroxyl groups is 1. The first-order chi connectivity index (χ1) is 20.0. The first-order valence-corrected chi connectivity index (χ1v) is 14.0. The van der Waals surface area contributed by atoms with Crippen LogP contribution in [-0.4, -0.2) is 56.6 Å². The van der Waals surface area contributed by atoms with Gasteiger partial charge in [-0.1, -0.05) is 0 Å². The molecule has 0 saturated heterocycles. The van der Waals surface area contributed by atoms with Crippen molar-refractivity contribution < 1.29 is 28.5 Å². The Morgan fingerprint density at radius 1 is 1.14 bits per heavy atom. The number of carbonyl (C=O) groups is 1. The summed E-state index contributed by atoms with van der Waals surface area (Å²) in [7, 11) is 1.54. The number of halogens is 1. The molecule has 12 heteroatoms. The molecule has 0 aliphatic rings. The maximum absolute atomic E-state index is 15.0. The number of nitrogens with one attached hydrogen (secondary N) is 1. The van der Waals surface area contributed by atoms with Crippen LogP contribution in [0.5, 0.6) is 11.6 Å². The third kappa shape index (κ3) is 6.89. The van der Waals surface area contributed by atoms with Crippen LogP contribution in [0.3, 0.4) is 0 Å². The van der Waals surface area contributed by atoms with E-state index in [9.17, 15) is 14.3 Å². The third-order valence-corrected chi connectivity index (χ3v) is 7.16. The lowest BCUT2D eigenvalue weighted by molar-refractivity contribution is 0.0800. The average Bonchev–Trinajstić information content (AvgIpc) is 3.33. The third-order valence-electron chi connectivity index (χ3n) is 6.10. The largest absolute Gasteiger partial charge is 0.484 e. The Morgan fingerprint density at radius 2 is 1.95 bits per heavy atom. The smallest absolute Gasteiger partial charge is 0.411 e. The number of rotatable bonds is 9. The highest BCUT2D eigenvalue weighted by molar-refractivity contribution is 7.21. The molecule has 0 aliphatic heterocycles. The minimum absolute atomic E-state index is 0.0261. The Kier molecular flexibility index (Phi) is 8.19. The predicted octanol–water partition coefficient (Wildman–Crippen LogP) is 6.09. The minimum atomic E-state index is -0.934. The Labute approximate surface area is 245 Å². The van der Waals surface area contributed by atoms with E-state index < -0.39 is 23.6 Å². The van der Waals surface area contributed by atoms with Crippen LogP contribution in [0.2, 0.25) is 0 Å². The van der Waals surface area contributed by atoms with Crippen molar-refractivity contribution in [2.45, 2.75) is 45.8 Å². The van der Waals surface area contributed by atoms with Crippen LogP contribution < -0.4 is 14.8 Å². The fourth-order valence-corrected chi connectivity index (χ4v) is 5.33. The number of nitrogens with zero attached hydrogens (tertiary/aromatic N) is 4. The molecule has 218 valence electrons. The number of benzene rings is 2. The van der Waals surface area contributed by atoms with E-state index >= 15 is 0 Å². The number of fused-ring (bicyclic) bond motifs is 2. The number of pyridine rings is 1. The van der Waals surface area contributed by atoms with Gasteiger partial charge < -0.3 is 19.3 Å². The number of amides is 1. The van der Waals surface area contributed by atoms with E-state index in [1.54, 1.807) is 45.2 Å². The number of hydrogen-bond donors (Lipinski definition) is 2. The van der Waals surface area contributed by atoms with Crippen LogP contribution in [0.25, 0.3) is 31.8 Å². The molecule has 0 radical (unpaired) electrons. The Bertz CT molecular complexity index is 1770. The van der Waals surface area contributed by atoms with E-state index in [-0.39, 0.29) is 12.4 Å². The van der Waals surface area contributed by atoms with Gasteiger partial charge in [0.25, 0.3) is 0 Å². The number of anilines is 1. The molecular weight excluding hydrogens is 561 g/mol. The lowest BCUT2D eigenvalue weighted by Crippen LogP contribution is -2.25. The zero-order valence-electron chi connectivity index (χ0n) is 23.8. The molecule has 0 unspecified atom stereocenters. The van der Waals surface area contributed by atoms with E-state index in [0.717, 1.165) is 15.8 Å². The number of carbonyl (C=O) groups excluding carboxylic acids is 1. The summed E-state index contributed by atoms with van der Waals surface area (Å²) in [5.41, 5.74) is 3.77. The first-order valence-electron chi connectivity index (χ1n) is 13.2. The topological polar surface area (TPSA) is 129 Å².